The van der Waals surface area contributed by atoms with Crippen LogP contribution in [0.25, 0.3) is 0 Å². The van der Waals surface area contributed by atoms with Gasteiger partial charge in [-0.15, -0.1) is 0 Å². The first-order valence-corrected chi connectivity index (χ1v) is 6.07. The van der Waals surface area contributed by atoms with Crippen LogP contribution in [0.15, 0.2) is 22.7 Å². The minimum Gasteiger partial charge on any atom is -0.395 e. The van der Waals surface area contributed by atoms with Crippen molar-refractivity contribution >= 4 is 15.9 Å². The quantitative estimate of drug-likeness (QED) is 0.886. The van der Waals surface area contributed by atoms with Crippen LogP contribution in [0.1, 0.15) is 17.5 Å². The number of halogens is 1. The van der Waals surface area contributed by atoms with E-state index in [0.717, 1.165) is 22.9 Å². The third-order valence-corrected chi connectivity index (χ3v) is 3.52. The van der Waals surface area contributed by atoms with E-state index in [9.17, 15) is 5.26 Å². The predicted molar refractivity (Wildman–Crippen MR) is 64.8 cm³/mol. The molecule has 1 aromatic carbocycles. The van der Waals surface area contributed by atoms with Crippen LogP contribution in [0, 0.1) is 11.3 Å². The Labute approximate surface area is 103 Å². The Morgan fingerprint density at radius 2 is 2.38 bits per heavy atom. The number of nitriles is 1. The second-order valence-electron chi connectivity index (χ2n) is 3.97. The van der Waals surface area contributed by atoms with Crippen LogP contribution in [-0.2, 0) is 12.0 Å². The number of aryl methyl sites for hydroxylation is 1. The van der Waals surface area contributed by atoms with Gasteiger partial charge < -0.3 is 5.11 Å². The van der Waals surface area contributed by atoms with Gasteiger partial charge in [0.15, 0.2) is 0 Å². The molecule has 0 spiro atoms. The van der Waals surface area contributed by atoms with Gasteiger partial charge in [-0.1, -0.05) is 22.0 Å². The molecule has 3 nitrogen and oxygen atoms in total. The fourth-order valence-electron chi connectivity index (χ4n) is 2.25. The van der Waals surface area contributed by atoms with Gasteiger partial charge in [-0.2, -0.15) is 5.26 Å². The summed E-state index contributed by atoms with van der Waals surface area (Å²) in [7, 11) is 0. The summed E-state index contributed by atoms with van der Waals surface area (Å²) < 4.78 is 1.04. The van der Waals surface area contributed by atoms with Gasteiger partial charge in [0.2, 0.25) is 0 Å². The first-order valence-electron chi connectivity index (χ1n) is 5.28. The Morgan fingerprint density at radius 3 is 3.06 bits per heavy atom. The van der Waals surface area contributed by atoms with Crippen molar-refractivity contribution < 1.29 is 5.11 Å². The number of hydrogen-bond donors (Lipinski definition) is 2. The van der Waals surface area contributed by atoms with Gasteiger partial charge in [0.05, 0.1) is 12.7 Å². The van der Waals surface area contributed by atoms with E-state index in [4.69, 9.17) is 5.11 Å². The van der Waals surface area contributed by atoms with E-state index in [1.165, 1.54) is 5.56 Å². The standard InChI is InChI=1S/C12H13BrN2O/c13-10-1-2-11-9(7-10)3-4-12(11,8-14)15-5-6-16/h1-2,7,15-16H,3-6H2. The molecule has 1 aliphatic rings. The second kappa shape index (κ2) is 4.54. The minimum atomic E-state index is -0.612. The highest BCUT2D eigenvalue weighted by Gasteiger charge is 2.38. The molecule has 0 saturated heterocycles. The third-order valence-electron chi connectivity index (χ3n) is 3.03. The van der Waals surface area contributed by atoms with Crippen molar-refractivity contribution in [3.05, 3.63) is 33.8 Å². The monoisotopic (exact) mass is 280 g/mol. The topological polar surface area (TPSA) is 56.0 Å². The van der Waals surface area contributed by atoms with Gasteiger partial charge in [-0.3, -0.25) is 5.32 Å². The summed E-state index contributed by atoms with van der Waals surface area (Å²) in [4.78, 5) is 0. The number of benzene rings is 1. The van der Waals surface area contributed by atoms with Crippen molar-refractivity contribution in [1.82, 2.24) is 5.32 Å². The number of aliphatic hydroxyl groups excluding tert-OH is 1. The molecule has 0 saturated carbocycles. The molecule has 4 heteroatoms. The molecule has 1 aliphatic carbocycles. The SMILES string of the molecule is N#CC1(NCCO)CCc2cc(Br)ccc21. The smallest absolute Gasteiger partial charge is 0.132 e. The first-order chi connectivity index (χ1) is 7.72. The van der Waals surface area contributed by atoms with Crippen LogP contribution >= 0.6 is 15.9 Å². The van der Waals surface area contributed by atoms with E-state index in [1.54, 1.807) is 0 Å². The zero-order valence-corrected chi connectivity index (χ0v) is 10.4. The minimum absolute atomic E-state index is 0.0509. The Kier molecular flexibility index (Phi) is 3.29. The lowest BCUT2D eigenvalue weighted by Gasteiger charge is -2.23. The third kappa shape index (κ3) is 1.86. The normalized spacial score (nSPS) is 22.8. The van der Waals surface area contributed by atoms with Crippen LogP contribution in [0.5, 0.6) is 0 Å². The van der Waals surface area contributed by atoms with Crippen LogP contribution in [0.4, 0.5) is 0 Å². The molecule has 0 aromatic heterocycles. The average Bonchev–Trinajstić information content (AvgIpc) is 2.65. The maximum absolute atomic E-state index is 9.35. The van der Waals surface area contributed by atoms with Crippen molar-refractivity contribution in [1.29, 1.82) is 5.26 Å². The number of aliphatic hydroxyl groups is 1. The van der Waals surface area contributed by atoms with Gasteiger partial charge >= 0.3 is 0 Å². The largest absolute Gasteiger partial charge is 0.395 e. The Morgan fingerprint density at radius 1 is 1.56 bits per heavy atom. The van der Waals surface area contributed by atoms with E-state index in [2.05, 4.69) is 33.4 Å². The lowest BCUT2D eigenvalue weighted by Crippen LogP contribution is -2.40. The lowest BCUT2D eigenvalue weighted by molar-refractivity contribution is 0.272. The molecule has 0 fully saturated rings. The summed E-state index contributed by atoms with van der Waals surface area (Å²) >= 11 is 3.43. The van der Waals surface area contributed by atoms with Crippen molar-refractivity contribution in [3.8, 4) is 6.07 Å². The molecule has 1 aromatic rings. The van der Waals surface area contributed by atoms with Crippen LogP contribution in [-0.4, -0.2) is 18.3 Å². The number of fused-ring (bicyclic) bond motifs is 1. The molecule has 0 radical (unpaired) electrons. The second-order valence-corrected chi connectivity index (χ2v) is 4.88. The predicted octanol–water partition coefficient (Wildman–Crippen LogP) is 1.70. The Balaban J connectivity index is 2.36. The van der Waals surface area contributed by atoms with Gasteiger partial charge in [-0.05, 0) is 36.1 Å². The van der Waals surface area contributed by atoms with E-state index >= 15 is 0 Å². The molecule has 1 unspecified atom stereocenters. The average molecular weight is 281 g/mol. The van der Waals surface area contributed by atoms with Gasteiger partial charge in [0.1, 0.15) is 5.54 Å². The zero-order valence-electron chi connectivity index (χ0n) is 8.83. The molecular weight excluding hydrogens is 268 g/mol. The highest BCUT2D eigenvalue weighted by molar-refractivity contribution is 9.10. The molecular formula is C12H13BrN2O. The molecule has 0 heterocycles. The summed E-state index contributed by atoms with van der Waals surface area (Å²) in [6.07, 6.45) is 1.68. The zero-order chi connectivity index (χ0) is 11.6. The molecule has 0 bridgehead atoms. The highest BCUT2D eigenvalue weighted by Crippen LogP contribution is 2.37. The van der Waals surface area contributed by atoms with Crippen molar-refractivity contribution in [3.63, 3.8) is 0 Å². The van der Waals surface area contributed by atoms with Gasteiger partial charge in [0.25, 0.3) is 0 Å². The van der Waals surface area contributed by atoms with E-state index in [-0.39, 0.29) is 6.61 Å². The summed E-state index contributed by atoms with van der Waals surface area (Å²) in [6.45, 7) is 0.498. The maximum atomic E-state index is 9.35. The molecule has 0 amide bonds. The Hall–Kier alpha value is -0.890. The molecule has 0 aliphatic heterocycles. The molecule has 84 valence electrons. The number of nitrogens with one attached hydrogen (secondary N) is 1. The molecule has 16 heavy (non-hydrogen) atoms. The van der Waals surface area contributed by atoms with E-state index in [1.807, 2.05) is 12.1 Å². The van der Waals surface area contributed by atoms with Crippen LogP contribution in [0.2, 0.25) is 0 Å². The fourth-order valence-corrected chi connectivity index (χ4v) is 2.66. The summed E-state index contributed by atoms with van der Waals surface area (Å²) in [5.74, 6) is 0. The summed E-state index contributed by atoms with van der Waals surface area (Å²) in [6, 6.07) is 8.36. The highest BCUT2D eigenvalue weighted by atomic mass is 79.9. The van der Waals surface area contributed by atoms with E-state index < -0.39 is 5.54 Å². The first kappa shape index (κ1) is 11.6. The van der Waals surface area contributed by atoms with Crippen LogP contribution in [0.3, 0.4) is 0 Å². The molecule has 2 rings (SSSR count). The molecule has 2 N–H and O–H groups in total. The van der Waals surface area contributed by atoms with Crippen molar-refractivity contribution in [2.75, 3.05) is 13.2 Å². The van der Waals surface area contributed by atoms with Gasteiger partial charge in [-0.25, -0.2) is 0 Å². The summed E-state index contributed by atoms with van der Waals surface area (Å²) in [5.41, 5.74) is 1.65. The van der Waals surface area contributed by atoms with Gasteiger partial charge in [0, 0.05) is 11.0 Å². The van der Waals surface area contributed by atoms with Crippen molar-refractivity contribution in [2.45, 2.75) is 18.4 Å². The number of nitrogens with zero attached hydrogens (tertiary/aromatic N) is 1. The maximum Gasteiger partial charge on any atom is 0.132 e. The molecule has 1 atom stereocenters. The summed E-state index contributed by atoms with van der Waals surface area (Å²) in [5, 5.41) is 21.3. The number of rotatable bonds is 3. The lowest BCUT2D eigenvalue weighted by atomic mass is 9.93. The Bertz CT molecular complexity index is 441. The fraction of sp³-hybridized carbons (Fsp3) is 0.417. The van der Waals surface area contributed by atoms with Crippen LogP contribution < -0.4 is 5.32 Å². The number of hydrogen-bond acceptors (Lipinski definition) is 3. The van der Waals surface area contributed by atoms with Crippen molar-refractivity contribution in [2.24, 2.45) is 0 Å². The van der Waals surface area contributed by atoms with E-state index in [0.29, 0.717) is 6.54 Å².